The number of halogens is 3. The molecule has 26 heavy (non-hydrogen) atoms. The van der Waals surface area contributed by atoms with E-state index in [2.05, 4.69) is 4.98 Å². The summed E-state index contributed by atoms with van der Waals surface area (Å²) in [6.45, 7) is 0. The van der Waals surface area contributed by atoms with Gasteiger partial charge in [-0.3, -0.25) is 4.79 Å². The van der Waals surface area contributed by atoms with Crippen molar-refractivity contribution in [1.82, 2.24) is 9.71 Å². The number of amides is 1. The second-order valence-corrected chi connectivity index (χ2v) is 7.57. The summed E-state index contributed by atoms with van der Waals surface area (Å²) in [5.41, 5.74) is -0.258. The third-order valence-corrected chi connectivity index (χ3v) is 5.24. The molecule has 6 nitrogen and oxygen atoms in total. The van der Waals surface area contributed by atoms with Crippen molar-refractivity contribution >= 4 is 38.1 Å². The molecule has 0 spiro atoms. The predicted octanol–water partition coefficient (Wildman–Crippen LogP) is 4.04. The molecule has 0 aliphatic rings. The van der Waals surface area contributed by atoms with E-state index in [0.29, 0.717) is 28.9 Å². The normalized spacial score (nSPS) is 12.3. The van der Waals surface area contributed by atoms with E-state index in [0.717, 1.165) is 18.2 Å². The van der Waals surface area contributed by atoms with Gasteiger partial charge in [0.15, 0.2) is 5.58 Å². The maximum atomic E-state index is 12.7. The number of rotatable bonds is 3. The van der Waals surface area contributed by atoms with Crippen LogP contribution >= 0.6 is 11.8 Å². The molecule has 1 heterocycles. The van der Waals surface area contributed by atoms with Crippen molar-refractivity contribution < 1.29 is 30.8 Å². The van der Waals surface area contributed by atoms with Gasteiger partial charge in [-0.05, 0) is 30.3 Å². The third kappa shape index (κ3) is 3.99. The Hall–Kier alpha value is -2.53. The van der Waals surface area contributed by atoms with Crippen molar-refractivity contribution in [2.24, 2.45) is 0 Å². The lowest BCUT2D eigenvalue weighted by Gasteiger charge is -2.09. The molecule has 0 saturated heterocycles. The minimum absolute atomic E-state index is 0.0945. The van der Waals surface area contributed by atoms with Gasteiger partial charge in [0.05, 0.1) is 10.5 Å². The zero-order chi connectivity index (χ0) is 18.9. The lowest BCUT2D eigenvalue weighted by molar-refractivity contribution is -0.137. The van der Waals surface area contributed by atoms with Gasteiger partial charge in [0.2, 0.25) is 0 Å². The maximum Gasteiger partial charge on any atom is 0.416 e. The topological polar surface area (TPSA) is 89.3 Å². The van der Waals surface area contributed by atoms with Crippen LogP contribution in [-0.2, 0) is 16.2 Å². The van der Waals surface area contributed by atoms with E-state index in [-0.39, 0.29) is 5.22 Å². The summed E-state index contributed by atoms with van der Waals surface area (Å²) >= 11 is 0.371. The monoisotopic (exact) mass is 402 g/mol. The van der Waals surface area contributed by atoms with E-state index in [1.807, 2.05) is 0 Å². The Morgan fingerprint density at radius 1 is 1.12 bits per heavy atom. The zero-order valence-corrected chi connectivity index (χ0v) is 14.3. The molecule has 0 aliphatic heterocycles. The van der Waals surface area contributed by atoms with E-state index in [1.165, 1.54) is 0 Å². The van der Waals surface area contributed by atoms with Gasteiger partial charge in [0.1, 0.15) is 5.52 Å². The van der Waals surface area contributed by atoms with Gasteiger partial charge in [-0.2, -0.15) is 13.2 Å². The number of aromatic nitrogens is 1. The van der Waals surface area contributed by atoms with Crippen LogP contribution in [0, 0.1) is 0 Å². The fourth-order valence-corrected chi connectivity index (χ4v) is 3.81. The number of thioether (sulfide) groups is 1. The minimum atomic E-state index is -4.71. The number of carbonyl (C=O) groups excluding carboxylic acids is 1. The van der Waals surface area contributed by atoms with Crippen molar-refractivity contribution in [2.75, 3.05) is 0 Å². The van der Waals surface area contributed by atoms with E-state index in [1.54, 1.807) is 29.0 Å². The number of nitrogens with zero attached hydrogens (tertiary/aromatic N) is 1. The molecule has 3 aromatic rings. The molecule has 0 unspecified atom stereocenters. The molecule has 1 aromatic heterocycles. The van der Waals surface area contributed by atoms with Gasteiger partial charge in [-0.25, -0.2) is 18.1 Å². The van der Waals surface area contributed by atoms with Crippen LogP contribution in [0.25, 0.3) is 11.1 Å². The smallest absolute Gasteiger partial charge is 0.416 e. The number of hydrogen-bond donors (Lipinski definition) is 1. The van der Waals surface area contributed by atoms with Crippen molar-refractivity contribution in [1.29, 1.82) is 0 Å². The number of benzene rings is 2. The van der Waals surface area contributed by atoms with Crippen LogP contribution in [0.5, 0.6) is 0 Å². The Morgan fingerprint density at radius 3 is 2.54 bits per heavy atom. The van der Waals surface area contributed by atoms with Crippen molar-refractivity contribution in [2.45, 2.75) is 16.3 Å². The van der Waals surface area contributed by atoms with Crippen molar-refractivity contribution in [3.8, 4) is 0 Å². The first-order valence-electron chi connectivity index (χ1n) is 6.93. The predicted molar refractivity (Wildman–Crippen MR) is 87.0 cm³/mol. The van der Waals surface area contributed by atoms with Gasteiger partial charge in [-0.1, -0.05) is 18.2 Å². The van der Waals surface area contributed by atoms with Gasteiger partial charge in [-0.15, -0.1) is 0 Å². The average Bonchev–Trinajstić information content (AvgIpc) is 2.95. The average molecular weight is 402 g/mol. The summed E-state index contributed by atoms with van der Waals surface area (Å²) in [7, 11) is -4.48. The first kappa shape index (κ1) is 18.3. The lowest BCUT2D eigenvalue weighted by Crippen LogP contribution is -2.27. The summed E-state index contributed by atoms with van der Waals surface area (Å²) in [6, 6.07) is 9.72. The van der Waals surface area contributed by atoms with Crippen LogP contribution in [0.2, 0.25) is 0 Å². The number of sulfonamides is 1. The molecule has 1 amide bonds. The second kappa shape index (κ2) is 6.65. The SMILES string of the molecule is O=C(NS(=O)(=O)c1cccc(C(F)(F)F)c1)Sc1nc2ccccc2o1. The van der Waals surface area contributed by atoms with Crippen LogP contribution in [-0.4, -0.2) is 18.6 Å². The highest BCUT2D eigenvalue weighted by Crippen LogP contribution is 2.30. The fraction of sp³-hybridized carbons (Fsp3) is 0.0667. The van der Waals surface area contributed by atoms with Gasteiger partial charge in [0, 0.05) is 11.8 Å². The minimum Gasteiger partial charge on any atom is -0.431 e. The number of para-hydroxylation sites is 2. The summed E-state index contributed by atoms with van der Waals surface area (Å²) in [6.07, 6.45) is -4.71. The number of alkyl halides is 3. The highest BCUT2D eigenvalue weighted by molar-refractivity contribution is 8.14. The van der Waals surface area contributed by atoms with Crippen LogP contribution in [0.15, 0.2) is 63.1 Å². The summed E-state index contributed by atoms with van der Waals surface area (Å²) in [5.74, 6) is 0. The molecule has 0 radical (unpaired) electrons. The fourth-order valence-electron chi connectivity index (χ4n) is 2.00. The summed E-state index contributed by atoms with van der Waals surface area (Å²) < 4.78 is 69.3. The van der Waals surface area contributed by atoms with Gasteiger partial charge < -0.3 is 4.42 Å². The first-order valence-corrected chi connectivity index (χ1v) is 9.22. The Morgan fingerprint density at radius 2 is 1.85 bits per heavy atom. The largest absolute Gasteiger partial charge is 0.431 e. The van der Waals surface area contributed by atoms with E-state index in [4.69, 9.17) is 4.42 Å². The Balaban J connectivity index is 1.77. The number of oxazole rings is 1. The Labute approximate surface area is 149 Å². The number of hydrogen-bond acceptors (Lipinski definition) is 6. The standard InChI is InChI=1S/C15H9F3N2O4S2/c16-15(17,18)9-4-3-5-10(8-9)26(22,23)20-13(21)25-14-19-11-6-1-2-7-12(11)24-14/h1-8H,(H,20,21). The van der Waals surface area contributed by atoms with Gasteiger partial charge in [0.25, 0.3) is 15.2 Å². The van der Waals surface area contributed by atoms with E-state index < -0.39 is 31.9 Å². The van der Waals surface area contributed by atoms with Crippen molar-refractivity contribution in [3.63, 3.8) is 0 Å². The van der Waals surface area contributed by atoms with E-state index in [9.17, 15) is 26.4 Å². The number of carbonyl (C=O) groups is 1. The molecule has 0 aliphatic carbocycles. The number of nitrogens with one attached hydrogen (secondary N) is 1. The molecular formula is C15H9F3N2O4S2. The highest BCUT2D eigenvalue weighted by Gasteiger charge is 2.32. The zero-order valence-electron chi connectivity index (χ0n) is 12.6. The molecule has 3 rings (SSSR count). The molecule has 0 bridgehead atoms. The van der Waals surface area contributed by atoms with Crippen LogP contribution in [0.4, 0.5) is 18.0 Å². The lowest BCUT2D eigenvalue weighted by atomic mass is 10.2. The third-order valence-electron chi connectivity index (χ3n) is 3.14. The summed E-state index contributed by atoms with van der Waals surface area (Å²) in [4.78, 5) is 15.2. The van der Waals surface area contributed by atoms with E-state index >= 15 is 0 Å². The Bertz CT molecular complexity index is 1040. The maximum absolute atomic E-state index is 12.7. The highest BCUT2D eigenvalue weighted by atomic mass is 32.2. The summed E-state index contributed by atoms with van der Waals surface area (Å²) in [5, 5.41) is -1.16. The molecule has 0 atom stereocenters. The van der Waals surface area contributed by atoms with Crippen LogP contribution < -0.4 is 4.72 Å². The van der Waals surface area contributed by atoms with Crippen molar-refractivity contribution in [3.05, 3.63) is 54.1 Å². The molecule has 2 aromatic carbocycles. The molecule has 136 valence electrons. The second-order valence-electron chi connectivity index (χ2n) is 4.97. The molecule has 11 heteroatoms. The molecular weight excluding hydrogens is 393 g/mol. The van der Waals surface area contributed by atoms with Crippen LogP contribution in [0.3, 0.4) is 0 Å². The number of fused-ring (bicyclic) bond motifs is 1. The molecule has 1 N–H and O–H groups in total. The Kier molecular flexibility index (Phi) is 4.67. The van der Waals surface area contributed by atoms with Crippen LogP contribution in [0.1, 0.15) is 5.56 Å². The molecule has 0 fully saturated rings. The first-order chi connectivity index (χ1) is 12.1. The molecule has 0 saturated carbocycles. The van der Waals surface area contributed by atoms with Gasteiger partial charge >= 0.3 is 11.4 Å². The quantitative estimate of drug-likeness (QED) is 0.665.